The Bertz CT molecular complexity index is 1310. The molecule has 1 unspecified atom stereocenters. The highest BCUT2D eigenvalue weighted by Gasteiger charge is 2.41. The van der Waals surface area contributed by atoms with Crippen LogP contribution < -0.4 is 0 Å². The van der Waals surface area contributed by atoms with E-state index in [0.717, 1.165) is 18.2 Å². The molecular formula is C26H26ClF7O3S. The van der Waals surface area contributed by atoms with Gasteiger partial charge in [-0.2, -0.15) is 26.3 Å². The maximum absolute atomic E-state index is 15.0. The van der Waals surface area contributed by atoms with E-state index < -0.39 is 74.5 Å². The van der Waals surface area contributed by atoms with Gasteiger partial charge in [0.05, 0.1) is 11.3 Å². The molecule has 0 heterocycles. The monoisotopic (exact) mass is 586 g/mol. The van der Waals surface area contributed by atoms with E-state index in [1.807, 2.05) is 0 Å². The third kappa shape index (κ3) is 8.05. The minimum Gasteiger partial charge on any atom is -0.294 e. The number of hydrogen-bond acceptors (Lipinski definition) is 3. The van der Waals surface area contributed by atoms with Gasteiger partial charge in [-0.15, -0.1) is 0 Å². The summed E-state index contributed by atoms with van der Waals surface area (Å²) in [5.41, 5.74) is -2.87. The molecule has 0 aliphatic carbocycles. The lowest BCUT2D eigenvalue weighted by Gasteiger charge is -2.20. The van der Waals surface area contributed by atoms with Crippen LogP contribution in [0.3, 0.4) is 0 Å². The van der Waals surface area contributed by atoms with Crippen molar-refractivity contribution in [3.05, 3.63) is 74.8 Å². The number of benzene rings is 2. The second-order valence-corrected chi connectivity index (χ2v) is 12.0. The van der Waals surface area contributed by atoms with Crippen molar-refractivity contribution in [2.24, 2.45) is 5.92 Å². The topological polar surface area (TPSA) is 51.2 Å². The quantitative estimate of drug-likeness (QED) is 0.219. The summed E-state index contributed by atoms with van der Waals surface area (Å²) in [6, 6.07) is 4.00. The first-order chi connectivity index (χ1) is 17.3. The van der Waals surface area contributed by atoms with Gasteiger partial charge in [-0.3, -0.25) is 4.79 Å². The van der Waals surface area contributed by atoms with Gasteiger partial charge in [-0.25, -0.2) is 12.8 Å². The van der Waals surface area contributed by atoms with Crippen molar-refractivity contribution >= 4 is 33.0 Å². The Morgan fingerprint density at radius 2 is 1.58 bits per heavy atom. The summed E-state index contributed by atoms with van der Waals surface area (Å²) in [5.74, 6) is -6.46. The lowest BCUT2D eigenvalue weighted by atomic mass is 9.92. The Labute approximate surface area is 221 Å². The van der Waals surface area contributed by atoms with Gasteiger partial charge in [0.2, 0.25) is 0 Å². The first kappa shape index (κ1) is 31.8. The van der Waals surface area contributed by atoms with Gasteiger partial charge in [0.25, 0.3) is 0 Å². The predicted molar refractivity (Wildman–Crippen MR) is 133 cm³/mol. The van der Waals surface area contributed by atoms with Crippen LogP contribution in [0.1, 0.15) is 64.4 Å². The van der Waals surface area contributed by atoms with Crippen molar-refractivity contribution in [1.29, 1.82) is 0 Å². The molecular weight excluding hydrogens is 561 g/mol. The van der Waals surface area contributed by atoms with Crippen molar-refractivity contribution in [2.75, 3.05) is 11.5 Å². The van der Waals surface area contributed by atoms with Crippen molar-refractivity contribution in [3.63, 3.8) is 0 Å². The minimum atomic E-state index is -5.13. The second-order valence-electron chi connectivity index (χ2n) is 9.19. The zero-order valence-corrected chi connectivity index (χ0v) is 22.5. The maximum Gasteiger partial charge on any atom is 0.417 e. The fourth-order valence-corrected chi connectivity index (χ4v) is 5.32. The van der Waals surface area contributed by atoms with Crippen LogP contribution in [0.15, 0.2) is 36.4 Å². The number of aryl methyl sites for hydroxylation is 2. The third-order valence-corrected chi connectivity index (χ3v) is 8.45. The van der Waals surface area contributed by atoms with E-state index in [1.165, 1.54) is 27.7 Å². The molecule has 0 amide bonds. The fourth-order valence-electron chi connectivity index (χ4n) is 3.99. The van der Waals surface area contributed by atoms with Gasteiger partial charge in [0.1, 0.15) is 21.6 Å². The molecule has 0 saturated carbocycles. The Hall–Kier alpha value is -2.40. The molecule has 0 N–H and O–H groups in total. The molecule has 0 bridgehead atoms. The van der Waals surface area contributed by atoms with E-state index >= 15 is 4.39 Å². The van der Waals surface area contributed by atoms with Crippen LogP contribution in [0.4, 0.5) is 30.7 Å². The molecule has 38 heavy (non-hydrogen) atoms. The Morgan fingerprint density at radius 3 is 2.05 bits per heavy atom. The number of ketones is 1. The Morgan fingerprint density at radius 1 is 1.03 bits per heavy atom. The van der Waals surface area contributed by atoms with E-state index in [4.69, 9.17) is 11.6 Å². The van der Waals surface area contributed by atoms with Gasteiger partial charge < -0.3 is 0 Å². The molecule has 0 spiro atoms. The normalized spacial score (nSPS) is 14.9. The summed E-state index contributed by atoms with van der Waals surface area (Å²) in [4.78, 5) is 12.6. The summed E-state index contributed by atoms with van der Waals surface area (Å²) in [6.45, 7) is 5.73. The summed E-state index contributed by atoms with van der Waals surface area (Å²) >= 11 is 6.01. The SMILES string of the molecule is CCS(=O)(=O)C[C@@H](C)CC(=O)c1ccc(/C(F)=C/C(c2cc(C)c(Cl)c(C)c2)C(F)(F)F)cc1C(F)(F)F. The Balaban J connectivity index is 2.52. The molecule has 2 atom stereocenters. The van der Waals surface area contributed by atoms with Crippen LogP contribution in [0.5, 0.6) is 0 Å². The smallest absolute Gasteiger partial charge is 0.294 e. The Kier molecular flexibility index (Phi) is 9.86. The van der Waals surface area contributed by atoms with Gasteiger partial charge in [-0.1, -0.05) is 49.7 Å². The fraction of sp³-hybridized carbons (Fsp3) is 0.423. The van der Waals surface area contributed by atoms with Gasteiger partial charge >= 0.3 is 12.4 Å². The van der Waals surface area contributed by atoms with Gasteiger partial charge in [0.15, 0.2) is 5.78 Å². The number of hydrogen-bond donors (Lipinski definition) is 0. The molecule has 0 radical (unpaired) electrons. The summed E-state index contributed by atoms with van der Waals surface area (Å²) in [7, 11) is -3.49. The molecule has 2 rings (SSSR count). The first-order valence-electron chi connectivity index (χ1n) is 11.4. The minimum absolute atomic E-state index is 0.177. The first-order valence-corrected chi connectivity index (χ1v) is 13.6. The highest BCUT2D eigenvalue weighted by Crippen LogP contribution is 2.41. The molecule has 0 fully saturated rings. The van der Waals surface area contributed by atoms with Gasteiger partial charge in [-0.05, 0) is 48.6 Å². The van der Waals surface area contributed by atoms with Crippen LogP contribution in [0.2, 0.25) is 5.02 Å². The number of allylic oxidation sites excluding steroid dienone is 1. The van der Waals surface area contributed by atoms with Crippen molar-refractivity contribution in [1.82, 2.24) is 0 Å². The lowest BCUT2D eigenvalue weighted by Crippen LogP contribution is -2.20. The van der Waals surface area contributed by atoms with Crippen molar-refractivity contribution < 1.29 is 43.9 Å². The number of sulfone groups is 1. The van der Waals surface area contributed by atoms with E-state index in [1.54, 1.807) is 0 Å². The molecule has 0 aromatic heterocycles. The molecule has 12 heteroatoms. The van der Waals surface area contributed by atoms with Crippen molar-refractivity contribution in [3.8, 4) is 0 Å². The molecule has 0 saturated heterocycles. The van der Waals surface area contributed by atoms with Crippen LogP contribution in [0.25, 0.3) is 5.83 Å². The summed E-state index contributed by atoms with van der Waals surface area (Å²) in [6.07, 6.45) is -10.4. The van der Waals surface area contributed by atoms with E-state index in [2.05, 4.69) is 0 Å². The van der Waals surface area contributed by atoms with Crippen LogP contribution >= 0.6 is 11.6 Å². The van der Waals surface area contributed by atoms with E-state index in [-0.39, 0.29) is 28.5 Å². The number of alkyl halides is 6. The van der Waals surface area contributed by atoms with Crippen molar-refractivity contribution in [2.45, 2.75) is 52.4 Å². The summed E-state index contributed by atoms with van der Waals surface area (Å²) < 4.78 is 121. The second kappa shape index (κ2) is 11.8. The number of carbonyl (C=O) groups excluding carboxylic acids is 1. The largest absolute Gasteiger partial charge is 0.417 e. The van der Waals surface area contributed by atoms with E-state index in [0.29, 0.717) is 17.2 Å². The van der Waals surface area contributed by atoms with Crippen LogP contribution in [-0.2, 0) is 16.0 Å². The molecule has 2 aromatic rings. The molecule has 0 aliphatic heterocycles. The average molecular weight is 587 g/mol. The maximum atomic E-state index is 15.0. The number of carbonyl (C=O) groups is 1. The standard InChI is InChI=1S/C26H26ClF7O3S/c1-5-38(36,37)13-14(2)8-23(35)19-7-6-17(11-21(19)26(32,33)34)22(28)12-20(25(29,30)31)18-9-15(3)24(27)16(4)10-18/h6-7,9-12,14,20H,5,8,13H2,1-4H3/b22-12-/t14-,20?/m0/s1. The van der Waals surface area contributed by atoms with Crippen LogP contribution in [0, 0.1) is 19.8 Å². The molecule has 3 nitrogen and oxygen atoms in total. The van der Waals surface area contributed by atoms with Crippen LogP contribution in [-0.4, -0.2) is 31.9 Å². The highest BCUT2D eigenvalue weighted by molar-refractivity contribution is 7.91. The zero-order chi connectivity index (χ0) is 29.2. The predicted octanol–water partition coefficient (Wildman–Crippen LogP) is 8.28. The van der Waals surface area contributed by atoms with Gasteiger partial charge in [0, 0.05) is 28.3 Å². The number of rotatable bonds is 9. The highest BCUT2D eigenvalue weighted by atomic mass is 35.5. The number of Topliss-reactive ketones (excluding diaryl/α,β-unsaturated/α-hetero) is 1. The number of halogens is 8. The molecule has 0 aliphatic rings. The molecule has 210 valence electrons. The van der Waals surface area contributed by atoms with E-state index in [9.17, 15) is 39.6 Å². The third-order valence-electron chi connectivity index (χ3n) is 5.90. The molecule has 2 aromatic carbocycles. The average Bonchev–Trinajstić information content (AvgIpc) is 2.78. The summed E-state index contributed by atoms with van der Waals surface area (Å²) in [5, 5.41) is 0.232. The lowest BCUT2D eigenvalue weighted by molar-refractivity contribution is -0.140. The zero-order valence-electron chi connectivity index (χ0n) is 20.9.